The van der Waals surface area contributed by atoms with Crippen LogP contribution in [0.4, 0.5) is 11.4 Å². The van der Waals surface area contributed by atoms with Crippen molar-refractivity contribution in [3.05, 3.63) is 89.5 Å². The van der Waals surface area contributed by atoms with E-state index < -0.39 is 0 Å². The van der Waals surface area contributed by atoms with Gasteiger partial charge >= 0.3 is 0 Å². The van der Waals surface area contributed by atoms with Crippen LogP contribution in [-0.2, 0) is 22.7 Å². The number of hydrazine groups is 1. The van der Waals surface area contributed by atoms with Gasteiger partial charge in [-0.3, -0.25) is 9.59 Å². The predicted molar refractivity (Wildman–Crippen MR) is 158 cm³/mol. The number of aryl methyl sites for hydroxylation is 1. The molecule has 40 heavy (non-hydrogen) atoms. The van der Waals surface area contributed by atoms with Crippen molar-refractivity contribution in [3.8, 4) is 5.75 Å². The molecule has 1 aliphatic heterocycles. The maximum atomic E-state index is 13.5. The summed E-state index contributed by atoms with van der Waals surface area (Å²) in [6.07, 6.45) is 0.979. The Labute approximate surface area is 236 Å². The number of para-hydroxylation sites is 1. The molecule has 210 valence electrons. The average molecular weight is 543 g/mol. The van der Waals surface area contributed by atoms with E-state index in [4.69, 9.17) is 10.5 Å². The van der Waals surface area contributed by atoms with Crippen LogP contribution in [0, 0.1) is 6.92 Å². The molecule has 9 heteroatoms. The van der Waals surface area contributed by atoms with E-state index in [1.165, 1.54) is 0 Å². The van der Waals surface area contributed by atoms with Crippen LogP contribution in [0.25, 0.3) is 0 Å². The van der Waals surface area contributed by atoms with Crippen LogP contribution in [0.1, 0.15) is 29.5 Å². The van der Waals surface area contributed by atoms with Gasteiger partial charge in [0.2, 0.25) is 5.91 Å². The number of carbonyl (C=O) groups excluding carboxylic acids is 2. The highest BCUT2D eigenvalue weighted by Gasteiger charge is 2.27. The van der Waals surface area contributed by atoms with E-state index in [0.29, 0.717) is 38.3 Å². The molecule has 1 aliphatic rings. The highest BCUT2D eigenvalue weighted by Crippen LogP contribution is 2.33. The average Bonchev–Trinajstić information content (AvgIpc) is 2.93. The van der Waals surface area contributed by atoms with Gasteiger partial charge in [-0.15, -0.1) is 0 Å². The van der Waals surface area contributed by atoms with Crippen LogP contribution in [0.15, 0.2) is 77.8 Å². The lowest BCUT2D eigenvalue weighted by atomic mass is 10.1. The molecular formula is C31H38N6O3. The molecule has 4 rings (SSSR count). The molecule has 3 aromatic rings. The van der Waals surface area contributed by atoms with Crippen molar-refractivity contribution in [2.24, 2.45) is 10.7 Å². The van der Waals surface area contributed by atoms with Gasteiger partial charge in [-0.2, -0.15) is 0 Å². The SMILES string of the molecule is Cc1ccccc1N(C(=O)CN1Cc2c(cccc2OCCCC(=O)N(C)Cc2ccccc2)N=C1N)N(C)C. The Morgan fingerprint density at radius 2 is 1.68 bits per heavy atom. The van der Waals surface area contributed by atoms with Crippen molar-refractivity contribution < 1.29 is 14.3 Å². The van der Waals surface area contributed by atoms with Gasteiger partial charge in [0.05, 0.1) is 24.5 Å². The number of nitrogens with zero attached hydrogens (tertiary/aromatic N) is 5. The summed E-state index contributed by atoms with van der Waals surface area (Å²) in [5, 5.41) is 3.41. The molecule has 0 unspecified atom stereocenters. The largest absolute Gasteiger partial charge is 0.493 e. The number of carbonyl (C=O) groups is 2. The summed E-state index contributed by atoms with van der Waals surface area (Å²) < 4.78 is 6.10. The lowest BCUT2D eigenvalue weighted by Gasteiger charge is -2.34. The number of aliphatic imine (C=N–C) groups is 1. The summed E-state index contributed by atoms with van der Waals surface area (Å²) in [5.41, 5.74) is 10.8. The first-order valence-electron chi connectivity index (χ1n) is 13.4. The number of guanidine groups is 1. The molecule has 0 atom stereocenters. The van der Waals surface area contributed by atoms with Crippen LogP contribution < -0.4 is 15.5 Å². The Morgan fingerprint density at radius 3 is 2.40 bits per heavy atom. The summed E-state index contributed by atoms with van der Waals surface area (Å²) in [6, 6.07) is 23.3. The highest BCUT2D eigenvalue weighted by molar-refractivity contribution is 5.97. The van der Waals surface area contributed by atoms with Gasteiger partial charge in [-0.25, -0.2) is 15.0 Å². The third-order valence-electron chi connectivity index (χ3n) is 6.80. The molecule has 3 aromatic carbocycles. The molecule has 0 saturated heterocycles. The first kappa shape index (κ1) is 28.6. The Balaban J connectivity index is 1.36. The molecule has 0 bridgehead atoms. The maximum absolute atomic E-state index is 13.5. The number of nitrogens with two attached hydrogens (primary N) is 1. The quantitative estimate of drug-likeness (QED) is 0.290. The lowest BCUT2D eigenvalue weighted by molar-refractivity contribution is -0.130. The van der Waals surface area contributed by atoms with Gasteiger partial charge in [0.15, 0.2) is 5.96 Å². The predicted octanol–water partition coefficient (Wildman–Crippen LogP) is 4.08. The van der Waals surface area contributed by atoms with Crippen molar-refractivity contribution >= 4 is 29.1 Å². The van der Waals surface area contributed by atoms with E-state index in [-0.39, 0.29) is 24.3 Å². The third-order valence-corrected chi connectivity index (χ3v) is 6.80. The van der Waals surface area contributed by atoms with Crippen LogP contribution in [0.2, 0.25) is 0 Å². The molecular weight excluding hydrogens is 504 g/mol. The van der Waals surface area contributed by atoms with Gasteiger partial charge < -0.3 is 20.3 Å². The second-order valence-electron chi connectivity index (χ2n) is 10.1. The minimum absolute atomic E-state index is 0.0534. The van der Waals surface area contributed by atoms with E-state index in [0.717, 1.165) is 28.1 Å². The highest BCUT2D eigenvalue weighted by atomic mass is 16.5. The first-order chi connectivity index (χ1) is 19.2. The van der Waals surface area contributed by atoms with E-state index in [1.54, 1.807) is 19.8 Å². The molecule has 2 N–H and O–H groups in total. The zero-order valence-electron chi connectivity index (χ0n) is 23.7. The number of anilines is 1. The molecule has 0 saturated carbocycles. The number of rotatable bonds is 11. The van der Waals surface area contributed by atoms with Gasteiger partial charge in [0.25, 0.3) is 5.91 Å². The first-order valence-corrected chi connectivity index (χ1v) is 13.4. The van der Waals surface area contributed by atoms with Crippen molar-refractivity contribution in [1.29, 1.82) is 0 Å². The van der Waals surface area contributed by atoms with Crippen molar-refractivity contribution in [1.82, 2.24) is 14.8 Å². The molecule has 0 fully saturated rings. The third kappa shape index (κ3) is 6.98. The van der Waals surface area contributed by atoms with Crippen LogP contribution in [-0.4, -0.2) is 66.9 Å². The van der Waals surface area contributed by atoms with Crippen LogP contribution in [0.3, 0.4) is 0 Å². The van der Waals surface area contributed by atoms with Crippen LogP contribution in [0.5, 0.6) is 5.75 Å². The van der Waals surface area contributed by atoms with Crippen LogP contribution >= 0.6 is 0 Å². The fourth-order valence-corrected chi connectivity index (χ4v) is 4.70. The summed E-state index contributed by atoms with van der Waals surface area (Å²) in [7, 11) is 5.49. The normalized spacial score (nSPS) is 12.5. The number of hydrogen-bond acceptors (Lipinski definition) is 7. The number of ether oxygens (including phenoxy) is 1. The topological polar surface area (TPSA) is 94.7 Å². The number of amides is 2. The standard InChI is InChI=1S/C31H38N6O3/c1-23-12-8-9-16-27(23)37(34(2)3)30(39)22-36-21-25-26(33-31(36)32)15-10-17-28(25)40-19-11-18-29(38)35(4)20-24-13-6-5-7-14-24/h5-10,12-17H,11,18-22H2,1-4H3,(H2,32,33). The second-order valence-corrected chi connectivity index (χ2v) is 10.1. The Bertz CT molecular complexity index is 1360. The zero-order valence-corrected chi connectivity index (χ0v) is 23.7. The maximum Gasteiger partial charge on any atom is 0.261 e. The van der Waals surface area contributed by atoms with Gasteiger partial charge in [-0.05, 0) is 42.7 Å². The van der Waals surface area contributed by atoms with Crippen molar-refractivity contribution in [2.75, 3.05) is 39.3 Å². The zero-order chi connectivity index (χ0) is 28.6. The molecule has 0 radical (unpaired) electrons. The Kier molecular flexibility index (Phi) is 9.39. The fraction of sp³-hybridized carbons (Fsp3) is 0.323. The van der Waals surface area contributed by atoms with E-state index in [9.17, 15) is 9.59 Å². The fourth-order valence-electron chi connectivity index (χ4n) is 4.70. The molecule has 0 aliphatic carbocycles. The molecule has 0 spiro atoms. The summed E-state index contributed by atoms with van der Waals surface area (Å²) in [6.45, 7) is 3.39. The van der Waals surface area contributed by atoms with Crippen molar-refractivity contribution in [3.63, 3.8) is 0 Å². The van der Waals surface area contributed by atoms with Gasteiger partial charge in [0.1, 0.15) is 12.3 Å². The summed E-state index contributed by atoms with van der Waals surface area (Å²) in [5.74, 6) is 0.911. The Hall–Kier alpha value is -4.37. The number of benzene rings is 3. The number of hydrogen-bond donors (Lipinski definition) is 1. The Morgan fingerprint density at radius 1 is 0.950 bits per heavy atom. The van der Waals surface area contributed by atoms with E-state index in [1.807, 2.05) is 101 Å². The monoisotopic (exact) mass is 542 g/mol. The van der Waals surface area contributed by atoms with E-state index >= 15 is 0 Å². The lowest BCUT2D eigenvalue weighted by Crippen LogP contribution is -2.50. The van der Waals surface area contributed by atoms with Gasteiger partial charge in [-0.1, -0.05) is 54.6 Å². The molecule has 1 heterocycles. The minimum Gasteiger partial charge on any atom is -0.493 e. The second kappa shape index (κ2) is 13.1. The minimum atomic E-state index is -0.127. The van der Waals surface area contributed by atoms with E-state index in [2.05, 4.69) is 4.99 Å². The molecule has 0 aromatic heterocycles. The number of fused-ring (bicyclic) bond motifs is 1. The summed E-state index contributed by atoms with van der Waals surface area (Å²) in [4.78, 5) is 34.1. The van der Waals surface area contributed by atoms with Gasteiger partial charge in [0, 0.05) is 39.7 Å². The van der Waals surface area contributed by atoms with Crippen molar-refractivity contribution in [2.45, 2.75) is 32.9 Å². The smallest absolute Gasteiger partial charge is 0.261 e. The molecule has 9 nitrogen and oxygen atoms in total. The molecule has 2 amide bonds. The summed E-state index contributed by atoms with van der Waals surface area (Å²) >= 11 is 0.